The summed E-state index contributed by atoms with van der Waals surface area (Å²) in [5.74, 6) is 1.12. The molecule has 0 spiro atoms. The van der Waals surface area contributed by atoms with Crippen molar-refractivity contribution in [2.75, 3.05) is 38.3 Å². The average Bonchev–Trinajstić information content (AvgIpc) is 3.45. The Morgan fingerprint density at radius 1 is 1.29 bits per heavy atom. The van der Waals surface area contributed by atoms with E-state index >= 15 is 0 Å². The maximum absolute atomic E-state index is 13.1. The van der Waals surface area contributed by atoms with Crippen molar-refractivity contribution in [1.29, 1.82) is 0 Å². The molecule has 3 heterocycles. The van der Waals surface area contributed by atoms with E-state index in [4.69, 9.17) is 9.47 Å². The van der Waals surface area contributed by atoms with Crippen LogP contribution in [0.3, 0.4) is 0 Å². The lowest BCUT2D eigenvalue weighted by molar-refractivity contribution is -0.126. The van der Waals surface area contributed by atoms with Gasteiger partial charge in [-0.15, -0.1) is 11.3 Å². The number of methoxy groups -OCH3 is 1. The third-order valence-electron chi connectivity index (χ3n) is 5.42. The fourth-order valence-electron chi connectivity index (χ4n) is 3.90. The molecule has 150 valence electrons. The molecule has 0 unspecified atom stereocenters. The molecule has 0 radical (unpaired) electrons. The molecule has 2 aromatic rings. The monoisotopic (exact) mass is 403 g/mol. The molecule has 2 aliphatic rings. The zero-order valence-corrected chi connectivity index (χ0v) is 16.8. The predicted molar refractivity (Wildman–Crippen MR) is 106 cm³/mol. The van der Waals surface area contributed by atoms with Gasteiger partial charge in [-0.1, -0.05) is 18.9 Å². The number of amides is 1. The van der Waals surface area contributed by atoms with Crippen LogP contribution in [0.25, 0.3) is 0 Å². The fraction of sp³-hybridized carbons (Fsp3) is 0.579. The number of hydrogen-bond acceptors (Lipinski definition) is 8. The number of carbonyl (C=O) groups excluding carboxylic acids is 1. The van der Waals surface area contributed by atoms with Crippen LogP contribution in [0, 0.1) is 0 Å². The topological polar surface area (TPSA) is 89.5 Å². The first-order chi connectivity index (χ1) is 13.7. The van der Waals surface area contributed by atoms with Gasteiger partial charge >= 0.3 is 6.01 Å². The molecule has 1 aliphatic carbocycles. The molecule has 0 atom stereocenters. The first kappa shape index (κ1) is 19.1. The summed E-state index contributed by atoms with van der Waals surface area (Å²) in [6.07, 6.45) is 3.93. The number of rotatable bonds is 6. The lowest BCUT2D eigenvalue weighted by Crippen LogP contribution is -2.42. The van der Waals surface area contributed by atoms with Crippen molar-refractivity contribution < 1.29 is 14.3 Å². The summed E-state index contributed by atoms with van der Waals surface area (Å²) in [4.78, 5) is 29.5. The van der Waals surface area contributed by atoms with Crippen molar-refractivity contribution in [3.05, 3.63) is 28.2 Å². The van der Waals surface area contributed by atoms with Gasteiger partial charge in [-0.25, -0.2) is 0 Å². The molecule has 9 heteroatoms. The summed E-state index contributed by atoms with van der Waals surface area (Å²) in [6.45, 7) is 2.98. The number of nitrogens with one attached hydrogen (secondary N) is 1. The van der Waals surface area contributed by atoms with Crippen LogP contribution < -0.4 is 15.0 Å². The molecule has 1 amide bonds. The number of ether oxygens (including phenoxy) is 2. The molecule has 2 fully saturated rings. The summed E-state index contributed by atoms with van der Waals surface area (Å²) in [5.41, 5.74) is -0.418. The summed E-state index contributed by atoms with van der Waals surface area (Å²) in [6, 6.07) is 4.34. The van der Waals surface area contributed by atoms with Crippen LogP contribution in [0.2, 0.25) is 0 Å². The minimum atomic E-state index is -0.418. The summed E-state index contributed by atoms with van der Waals surface area (Å²) in [7, 11) is 1.53. The lowest BCUT2D eigenvalue weighted by Gasteiger charge is -2.27. The zero-order chi connectivity index (χ0) is 19.4. The standard InChI is InChI=1S/C19H25N5O3S/c1-26-18-22-15(21-17(23-18)24-8-10-27-11-9-24)13-20-16(25)19(6-2-3-7-19)14-5-4-12-28-14/h4-5,12H,2-3,6-11,13H2,1H3,(H,20,25). The molecular weight excluding hydrogens is 378 g/mol. The third-order valence-corrected chi connectivity index (χ3v) is 6.49. The van der Waals surface area contributed by atoms with Crippen molar-refractivity contribution in [3.63, 3.8) is 0 Å². The first-order valence-corrected chi connectivity index (χ1v) is 10.5. The van der Waals surface area contributed by atoms with E-state index in [1.165, 1.54) is 7.11 Å². The van der Waals surface area contributed by atoms with E-state index in [0.717, 1.165) is 43.6 Å². The third kappa shape index (κ3) is 3.81. The van der Waals surface area contributed by atoms with Crippen LogP contribution >= 0.6 is 11.3 Å². The van der Waals surface area contributed by atoms with Gasteiger partial charge in [0.1, 0.15) is 0 Å². The van der Waals surface area contributed by atoms with Gasteiger partial charge in [-0.2, -0.15) is 15.0 Å². The van der Waals surface area contributed by atoms with Crippen molar-refractivity contribution in [2.45, 2.75) is 37.6 Å². The summed E-state index contributed by atoms with van der Waals surface area (Å²) in [5, 5.41) is 5.10. The Morgan fingerprint density at radius 3 is 2.75 bits per heavy atom. The van der Waals surface area contributed by atoms with Crippen LogP contribution in [-0.2, 0) is 21.5 Å². The zero-order valence-electron chi connectivity index (χ0n) is 16.0. The van der Waals surface area contributed by atoms with Gasteiger partial charge in [-0.3, -0.25) is 4.79 Å². The highest BCUT2D eigenvalue weighted by molar-refractivity contribution is 7.10. The Hall–Kier alpha value is -2.26. The highest BCUT2D eigenvalue weighted by Gasteiger charge is 2.43. The lowest BCUT2D eigenvalue weighted by atomic mass is 9.83. The van der Waals surface area contributed by atoms with Crippen LogP contribution in [0.4, 0.5) is 5.95 Å². The molecule has 1 saturated heterocycles. The fourth-order valence-corrected chi connectivity index (χ4v) is 4.89. The molecule has 28 heavy (non-hydrogen) atoms. The minimum absolute atomic E-state index is 0.0553. The summed E-state index contributed by atoms with van der Waals surface area (Å²) < 4.78 is 10.6. The van der Waals surface area contributed by atoms with Gasteiger partial charge in [-0.05, 0) is 24.3 Å². The van der Waals surface area contributed by atoms with E-state index in [9.17, 15) is 4.79 Å². The normalized spacial score (nSPS) is 18.8. The Labute approximate surface area is 168 Å². The second-order valence-electron chi connectivity index (χ2n) is 7.09. The Bertz CT molecular complexity index is 802. The molecule has 1 saturated carbocycles. The number of aromatic nitrogens is 3. The molecular formula is C19H25N5O3S. The minimum Gasteiger partial charge on any atom is -0.467 e. The van der Waals surface area contributed by atoms with E-state index in [2.05, 4.69) is 26.3 Å². The van der Waals surface area contributed by atoms with Gasteiger partial charge in [0.25, 0.3) is 0 Å². The highest BCUT2D eigenvalue weighted by Crippen LogP contribution is 2.43. The molecule has 0 bridgehead atoms. The largest absolute Gasteiger partial charge is 0.467 e. The Kier molecular flexibility index (Phi) is 5.72. The number of morpholine rings is 1. The maximum Gasteiger partial charge on any atom is 0.321 e. The predicted octanol–water partition coefficient (Wildman–Crippen LogP) is 1.91. The quantitative estimate of drug-likeness (QED) is 0.788. The van der Waals surface area contributed by atoms with E-state index in [1.807, 2.05) is 16.3 Å². The maximum atomic E-state index is 13.1. The molecule has 4 rings (SSSR count). The van der Waals surface area contributed by atoms with E-state index in [0.29, 0.717) is 25.0 Å². The summed E-state index contributed by atoms with van der Waals surface area (Å²) >= 11 is 1.66. The SMILES string of the molecule is COc1nc(CNC(=O)C2(c3cccs3)CCCC2)nc(N2CCOCC2)n1. The smallest absolute Gasteiger partial charge is 0.321 e. The van der Waals surface area contributed by atoms with Gasteiger partial charge < -0.3 is 19.7 Å². The number of anilines is 1. The number of nitrogens with zero attached hydrogens (tertiary/aromatic N) is 4. The van der Waals surface area contributed by atoms with Gasteiger partial charge in [0.05, 0.1) is 32.3 Å². The van der Waals surface area contributed by atoms with Gasteiger partial charge in [0.15, 0.2) is 5.82 Å². The van der Waals surface area contributed by atoms with Crippen LogP contribution in [0.15, 0.2) is 17.5 Å². The van der Waals surface area contributed by atoms with Gasteiger partial charge in [0, 0.05) is 18.0 Å². The Balaban J connectivity index is 1.50. The highest BCUT2D eigenvalue weighted by atomic mass is 32.1. The van der Waals surface area contributed by atoms with Crippen molar-refractivity contribution in [3.8, 4) is 6.01 Å². The number of hydrogen-bond donors (Lipinski definition) is 1. The molecule has 1 N–H and O–H groups in total. The first-order valence-electron chi connectivity index (χ1n) is 9.65. The van der Waals surface area contributed by atoms with Crippen molar-refractivity contribution >= 4 is 23.2 Å². The van der Waals surface area contributed by atoms with Crippen LogP contribution in [-0.4, -0.2) is 54.3 Å². The van der Waals surface area contributed by atoms with E-state index in [1.54, 1.807) is 11.3 Å². The molecule has 0 aromatic carbocycles. The van der Waals surface area contributed by atoms with E-state index in [-0.39, 0.29) is 18.5 Å². The Morgan fingerprint density at radius 2 is 2.07 bits per heavy atom. The van der Waals surface area contributed by atoms with Crippen molar-refractivity contribution in [1.82, 2.24) is 20.3 Å². The van der Waals surface area contributed by atoms with E-state index < -0.39 is 5.41 Å². The molecule has 1 aliphatic heterocycles. The molecule has 8 nitrogen and oxygen atoms in total. The second-order valence-corrected chi connectivity index (χ2v) is 8.03. The number of carbonyl (C=O) groups is 1. The number of thiophene rings is 1. The average molecular weight is 404 g/mol. The van der Waals surface area contributed by atoms with Gasteiger partial charge in [0.2, 0.25) is 11.9 Å². The van der Waals surface area contributed by atoms with Crippen LogP contribution in [0.1, 0.15) is 36.4 Å². The molecule has 2 aromatic heterocycles. The second kappa shape index (κ2) is 8.40. The van der Waals surface area contributed by atoms with Crippen LogP contribution in [0.5, 0.6) is 6.01 Å². The van der Waals surface area contributed by atoms with Crippen molar-refractivity contribution in [2.24, 2.45) is 0 Å².